The molecule has 0 N–H and O–H groups in total. The number of methoxy groups -OCH3 is 4. The Morgan fingerprint density at radius 3 is 2.26 bits per heavy atom. The van der Waals surface area contributed by atoms with Crippen LogP contribution in [0.25, 0.3) is 0 Å². The van der Waals surface area contributed by atoms with E-state index in [0.717, 1.165) is 6.42 Å². The van der Waals surface area contributed by atoms with Crippen molar-refractivity contribution in [2.75, 3.05) is 35.0 Å². The lowest BCUT2D eigenvalue weighted by Gasteiger charge is -2.35. The zero-order chi connectivity index (χ0) is 13.9. The molecule has 4 heteroatoms. The van der Waals surface area contributed by atoms with E-state index in [0.29, 0.717) is 6.61 Å². The van der Waals surface area contributed by atoms with E-state index in [2.05, 4.69) is 24.3 Å². The van der Waals surface area contributed by atoms with Gasteiger partial charge in [0.05, 0.1) is 24.9 Å². The molecular formula is C15H24O4. The van der Waals surface area contributed by atoms with E-state index in [1.54, 1.807) is 28.4 Å². The molecule has 1 spiro atoms. The second-order valence-corrected chi connectivity index (χ2v) is 5.26. The van der Waals surface area contributed by atoms with Crippen molar-refractivity contribution in [1.29, 1.82) is 0 Å². The molecule has 2 aliphatic rings. The molecule has 0 aliphatic heterocycles. The van der Waals surface area contributed by atoms with Crippen molar-refractivity contribution in [3.8, 4) is 0 Å². The lowest BCUT2D eigenvalue weighted by Crippen LogP contribution is -2.43. The molecule has 0 aromatic heterocycles. The average Bonchev–Trinajstić information content (AvgIpc) is 3.01. The fraction of sp³-hybridized carbons (Fsp3) is 0.733. The van der Waals surface area contributed by atoms with Gasteiger partial charge >= 0.3 is 0 Å². The molecule has 0 unspecified atom stereocenters. The predicted octanol–water partition coefficient (Wildman–Crippen LogP) is 1.81. The van der Waals surface area contributed by atoms with Gasteiger partial charge in [-0.15, -0.1) is 0 Å². The van der Waals surface area contributed by atoms with Crippen LogP contribution in [0, 0.1) is 11.3 Å². The summed E-state index contributed by atoms with van der Waals surface area (Å²) in [5.74, 6) is 0.197. The molecule has 1 saturated carbocycles. The van der Waals surface area contributed by atoms with Gasteiger partial charge in [0.2, 0.25) is 0 Å². The predicted molar refractivity (Wildman–Crippen MR) is 73.1 cm³/mol. The molecule has 2 rings (SSSR count). The Balaban J connectivity index is 2.32. The Morgan fingerprint density at radius 2 is 1.79 bits per heavy atom. The molecule has 2 aliphatic carbocycles. The molecule has 1 fully saturated rings. The zero-order valence-corrected chi connectivity index (χ0v) is 12.2. The fourth-order valence-corrected chi connectivity index (χ4v) is 3.58. The zero-order valence-electron chi connectivity index (χ0n) is 12.2. The summed E-state index contributed by atoms with van der Waals surface area (Å²) in [6.07, 6.45) is 9.67. The number of hydrogen-bond donors (Lipinski definition) is 0. The Morgan fingerprint density at radius 1 is 1.11 bits per heavy atom. The minimum absolute atomic E-state index is 0.0116. The van der Waals surface area contributed by atoms with Gasteiger partial charge in [0.1, 0.15) is 0 Å². The van der Waals surface area contributed by atoms with Crippen LogP contribution in [-0.4, -0.2) is 53.4 Å². The number of rotatable bonds is 6. The van der Waals surface area contributed by atoms with Crippen molar-refractivity contribution in [2.45, 2.75) is 24.7 Å². The first-order chi connectivity index (χ1) is 9.22. The molecule has 0 saturated heterocycles. The van der Waals surface area contributed by atoms with Gasteiger partial charge in [-0.1, -0.05) is 24.3 Å². The van der Waals surface area contributed by atoms with Gasteiger partial charge in [-0.05, 0) is 6.42 Å². The summed E-state index contributed by atoms with van der Waals surface area (Å²) in [4.78, 5) is 0. The van der Waals surface area contributed by atoms with Gasteiger partial charge < -0.3 is 18.9 Å². The second-order valence-electron chi connectivity index (χ2n) is 5.26. The fourth-order valence-electron chi connectivity index (χ4n) is 3.58. The lowest BCUT2D eigenvalue weighted by molar-refractivity contribution is -0.0919. The molecule has 4 nitrogen and oxygen atoms in total. The highest BCUT2D eigenvalue weighted by molar-refractivity contribution is 5.31. The highest BCUT2D eigenvalue weighted by Crippen LogP contribution is 2.51. The van der Waals surface area contributed by atoms with E-state index in [4.69, 9.17) is 18.9 Å². The maximum Gasteiger partial charge on any atom is 0.0898 e. The Kier molecular flexibility index (Phi) is 4.79. The number of allylic oxidation sites excluding steroid dienone is 4. The van der Waals surface area contributed by atoms with E-state index >= 15 is 0 Å². The number of ether oxygens (including phenoxy) is 4. The summed E-state index contributed by atoms with van der Waals surface area (Å²) in [5, 5.41) is 0. The van der Waals surface area contributed by atoms with Gasteiger partial charge in [-0.25, -0.2) is 0 Å². The SMILES string of the molecule is COC[C@@H](OC)[C@H]1[C@H](OC)[C@H](OC)CC12C=CC=C2. The Bertz CT molecular complexity index is 338. The summed E-state index contributed by atoms with van der Waals surface area (Å²) in [6.45, 7) is 0.556. The standard InChI is InChI=1S/C15H24O4/c1-16-10-12(18-3)13-14(19-4)11(17-2)9-15(13)7-5-6-8-15/h5-8,11-14H,9-10H2,1-4H3/t11-,12-,13+,14-/m1/s1. The monoisotopic (exact) mass is 268 g/mol. The third-order valence-electron chi connectivity index (χ3n) is 4.43. The Hall–Kier alpha value is -0.680. The summed E-state index contributed by atoms with van der Waals surface area (Å²) in [7, 11) is 6.91. The van der Waals surface area contributed by atoms with E-state index in [-0.39, 0.29) is 29.6 Å². The van der Waals surface area contributed by atoms with Crippen LogP contribution in [0.3, 0.4) is 0 Å². The minimum Gasteiger partial charge on any atom is -0.382 e. The largest absolute Gasteiger partial charge is 0.382 e. The quantitative estimate of drug-likeness (QED) is 0.736. The molecule has 4 atom stereocenters. The van der Waals surface area contributed by atoms with Crippen molar-refractivity contribution in [2.24, 2.45) is 11.3 Å². The van der Waals surface area contributed by atoms with Crippen LogP contribution in [0.4, 0.5) is 0 Å². The van der Waals surface area contributed by atoms with Crippen LogP contribution in [0.1, 0.15) is 6.42 Å². The summed E-state index contributed by atoms with van der Waals surface area (Å²) >= 11 is 0. The van der Waals surface area contributed by atoms with Gasteiger partial charge in [0, 0.05) is 39.8 Å². The van der Waals surface area contributed by atoms with E-state index in [9.17, 15) is 0 Å². The first-order valence-corrected chi connectivity index (χ1v) is 6.66. The highest BCUT2D eigenvalue weighted by atomic mass is 16.5. The first-order valence-electron chi connectivity index (χ1n) is 6.66. The molecule has 19 heavy (non-hydrogen) atoms. The molecule has 0 heterocycles. The van der Waals surface area contributed by atoms with Crippen LogP contribution < -0.4 is 0 Å². The maximum absolute atomic E-state index is 5.71. The summed E-state index contributed by atoms with van der Waals surface area (Å²) in [5.41, 5.74) is -0.0411. The van der Waals surface area contributed by atoms with E-state index < -0.39 is 0 Å². The van der Waals surface area contributed by atoms with Crippen molar-refractivity contribution in [1.82, 2.24) is 0 Å². The van der Waals surface area contributed by atoms with Crippen molar-refractivity contribution < 1.29 is 18.9 Å². The second kappa shape index (κ2) is 6.18. The van der Waals surface area contributed by atoms with Crippen LogP contribution in [0.2, 0.25) is 0 Å². The average molecular weight is 268 g/mol. The summed E-state index contributed by atoms with van der Waals surface area (Å²) < 4.78 is 22.3. The van der Waals surface area contributed by atoms with Gasteiger partial charge in [-0.3, -0.25) is 0 Å². The smallest absolute Gasteiger partial charge is 0.0898 e. The van der Waals surface area contributed by atoms with Crippen LogP contribution in [0.15, 0.2) is 24.3 Å². The highest BCUT2D eigenvalue weighted by Gasteiger charge is 2.55. The molecule has 0 amide bonds. The molecular weight excluding hydrogens is 244 g/mol. The summed E-state index contributed by atoms with van der Waals surface area (Å²) in [6, 6.07) is 0. The van der Waals surface area contributed by atoms with Crippen molar-refractivity contribution >= 4 is 0 Å². The van der Waals surface area contributed by atoms with Crippen LogP contribution in [-0.2, 0) is 18.9 Å². The van der Waals surface area contributed by atoms with Crippen LogP contribution >= 0.6 is 0 Å². The lowest BCUT2D eigenvalue weighted by atomic mass is 9.75. The third-order valence-corrected chi connectivity index (χ3v) is 4.43. The minimum atomic E-state index is -0.0411. The number of hydrogen-bond acceptors (Lipinski definition) is 4. The van der Waals surface area contributed by atoms with Gasteiger partial charge in [-0.2, -0.15) is 0 Å². The molecule has 0 aromatic carbocycles. The molecule has 0 radical (unpaired) electrons. The Labute approximate surface area is 115 Å². The van der Waals surface area contributed by atoms with Crippen molar-refractivity contribution in [3.63, 3.8) is 0 Å². The van der Waals surface area contributed by atoms with Crippen LogP contribution in [0.5, 0.6) is 0 Å². The van der Waals surface area contributed by atoms with E-state index in [1.807, 2.05) is 0 Å². The normalized spacial score (nSPS) is 33.4. The van der Waals surface area contributed by atoms with E-state index in [1.165, 1.54) is 0 Å². The topological polar surface area (TPSA) is 36.9 Å². The maximum atomic E-state index is 5.71. The first kappa shape index (κ1) is 14.7. The van der Waals surface area contributed by atoms with Gasteiger partial charge in [0.15, 0.2) is 0 Å². The molecule has 0 aromatic rings. The molecule has 0 bridgehead atoms. The van der Waals surface area contributed by atoms with Crippen molar-refractivity contribution in [3.05, 3.63) is 24.3 Å². The van der Waals surface area contributed by atoms with Gasteiger partial charge in [0.25, 0.3) is 0 Å². The molecule has 108 valence electrons. The third kappa shape index (κ3) is 2.50.